The summed E-state index contributed by atoms with van der Waals surface area (Å²) in [5, 5.41) is 0. The van der Waals surface area contributed by atoms with Crippen molar-refractivity contribution >= 4 is 11.8 Å². The molecule has 3 nitrogen and oxygen atoms in total. The fourth-order valence-corrected chi connectivity index (χ4v) is 2.64. The van der Waals surface area contributed by atoms with E-state index in [1.165, 1.54) is 12.7 Å². The molecule has 0 heterocycles. The van der Waals surface area contributed by atoms with Crippen molar-refractivity contribution in [2.45, 2.75) is 38.5 Å². The largest absolute Gasteiger partial charge is 0.469 e. The molecule has 0 amide bonds. The molecule has 1 aromatic rings. The molecular formula is C16H20O3. The minimum Gasteiger partial charge on any atom is -0.469 e. The highest BCUT2D eigenvalue weighted by Crippen LogP contribution is 2.26. The molecule has 0 radical (unpaired) electrons. The number of ketones is 1. The SMILES string of the molecule is COC(=O)C([11CH3])c1ccc(CC2CCCC2=O)cc1. The summed E-state index contributed by atoms with van der Waals surface area (Å²) in [4.78, 5) is 23.1. The number of carbonyl (C=O) groups is 2. The number of hydrogen-bond acceptors (Lipinski definition) is 3. The maximum Gasteiger partial charge on any atom is 0.312 e. The van der Waals surface area contributed by atoms with Gasteiger partial charge in [-0.15, -0.1) is 0 Å². The van der Waals surface area contributed by atoms with Gasteiger partial charge in [0.2, 0.25) is 0 Å². The maximum absolute atomic E-state index is 11.6. The lowest BCUT2D eigenvalue weighted by Crippen LogP contribution is -2.11. The van der Waals surface area contributed by atoms with E-state index in [4.69, 9.17) is 4.74 Å². The van der Waals surface area contributed by atoms with Crippen molar-refractivity contribution in [3.05, 3.63) is 35.4 Å². The van der Waals surface area contributed by atoms with E-state index in [0.29, 0.717) is 5.78 Å². The van der Waals surface area contributed by atoms with E-state index in [-0.39, 0.29) is 17.8 Å². The molecule has 1 aliphatic rings. The first-order valence-corrected chi connectivity index (χ1v) is 6.81. The Bertz CT molecular complexity index is 461. The van der Waals surface area contributed by atoms with Crippen LogP contribution in [0.2, 0.25) is 0 Å². The molecule has 2 atom stereocenters. The minimum absolute atomic E-state index is 0.198. The number of carbonyl (C=O) groups excluding carboxylic acids is 2. The third-order valence-corrected chi connectivity index (χ3v) is 3.95. The van der Waals surface area contributed by atoms with Gasteiger partial charge in [0.15, 0.2) is 0 Å². The number of ether oxygens (including phenoxy) is 1. The van der Waals surface area contributed by atoms with E-state index >= 15 is 0 Å². The van der Waals surface area contributed by atoms with Crippen molar-refractivity contribution in [2.24, 2.45) is 5.92 Å². The number of methoxy groups -OCH3 is 1. The van der Waals surface area contributed by atoms with Gasteiger partial charge in [-0.3, -0.25) is 9.59 Å². The summed E-state index contributed by atoms with van der Waals surface area (Å²) in [5.41, 5.74) is 2.12. The van der Waals surface area contributed by atoms with Gasteiger partial charge in [-0.1, -0.05) is 24.3 Å². The quantitative estimate of drug-likeness (QED) is 0.781. The van der Waals surface area contributed by atoms with Gasteiger partial charge in [-0.2, -0.15) is 0 Å². The van der Waals surface area contributed by atoms with Crippen LogP contribution in [-0.2, 0) is 20.7 Å². The zero-order valence-electron chi connectivity index (χ0n) is 11.5. The van der Waals surface area contributed by atoms with Crippen LogP contribution in [0.4, 0.5) is 0 Å². The third-order valence-electron chi connectivity index (χ3n) is 3.95. The monoisotopic (exact) mass is 259 g/mol. The van der Waals surface area contributed by atoms with E-state index in [0.717, 1.165) is 31.2 Å². The molecule has 2 rings (SSSR count). The molecule has 0 aliphatic heterocycles. The Hall–Kier alpha value is -1.64. The van der Waals surface area contributed by atoms with Crippen molar-refractivity contribution in [3.8, 4) is 0 Å². The highest BCUT2D eigenvalue weighted by molar-refractivity contribution is 5.83. The van der Waals surface area contributed by atoms with E-state index in [2.05, 4.69) is 0 Å². The predicted octanol–water partition coefficient (Wildman–Crippen LogP) is 2.87. The Morgan fingerprint density at radius 2 is 2.05 bits per heavy atom. The smallest absolute Gasteiger partial charge is 0.312 e. The Morgan fingerprint density at radius 3 is 2.58 bits per heavy atom. The molecule has 0 spiro atoms. The lowest BCUT2D eigenvalue weighted by molar-refractivity contribution is -0.142. The summed E-state index contributed by atoms with van der Waals surface area (Å²) < 4.78 is 4.73. The molecular weight excluding hydrogens is 239 g/mol. The molecule has 1 saturated carbocycles. The van der Waals surface area contributed by atoms with Gasteiger partial charge in [0.1, 0.15) is 5.78 Å². The zero-order chi connectivity index (χ0) is 13.8. The Balaban J connectivity index is 2.02. The second-order valence-electron chi connectivity index (χ2n) is 5.25. The molecule has 1 fully saturated rings. The number of esters is 1. The van der Waals surface area contributed by atoms with Gasteiger partial charge < -0.3 is 4.74 Å². The summed E-state index contributed by atoms with van der Waals surface area (Å²) in [6.45, 7) is 1.83. The Morgan fingerprint density at radius 1 is 1.37 bits per heavy atom. The average molecular weight is 259 g/mol. The Kier molecular flexibility index (Phi) is 4.35. The summed E-state index contributed by atoms with van der Waals surface area (Å²) in [6.07, 6.45) is 3.61. The van der Waals surface area contributed by atoms with Crippen LogP contribution in [0, 0.1) is 5.92 Å². The number of rotatable bonds is 4. The second-order valence-corrected chi connectivity index (χ2v) is 5.25. The molecule has 0 bridgehead atoms. The van der Waals surface area contributed by atoms with Crippen LogP contribution in [0.15, 0.2) is 24.3 Å². The van der Waals surface area contributed by atoms with Crippen molar-refractivity contribution in [3.63, 3.8) is 0 Å². The van der Waals surface area contributed by atoms with Crippen LogP contribution < -0.4 is 0 Å². The normalized spacial score (nSPS) is 20.3. The van der Waals surface area contributed by atoms with Gasteiger partial charge in [0, 0.05) is 12.3 Å². The van der Waals surface area contributed by atoms with E-state index in [1.54, 1.807) is 0 Å². The molecule has 1 aromatic carbocycles. The van der Waals surface area contributed by atoms with Gasteiger partial charge in [0.05, 0.1) is 13.0 Å². The first-order chi connectivity index (χ1) is 9.11. The van der Waals surface area contributed by atoms with Crippen molar-refractivity contribution in [1.82, 2.24) is 0 Å². The van der Waals surface area contributed by atoms with Gasteiger partial charge in [-0.25, -0.2) is 0 Å². The van der Waals surface area contributed by atoms with Crippen LogP contribution >= 0.6 is 0 Å². The maximum atomic E-state index is 11.6. The minimum atomic E-state index is -0.243. The van der Waals surface area contributed by atoms with Crippen LogP contribution in [0.5, 0.6) is 0 Å². The number of hydrogen-bond donors (Lipinski definition) is 0. The number of Topliss-reactive ketones (excluding diaryl/α,β-unsaturated/α-hetero) is 1. The lowest BCUT2D eigenvalue weighted by atomic mass is 9.86. The number of benzene rings is 1. The summed E-state index contributed by atoms with van der Waals surface area (Å²) in [7, 11) is 1.40. The average Bonchev–Trinajstić information content (AvgIpc) is 2.83. The lowest BCUT2D eigenvalue weighted by Gasteiger charge is -2.11. The van der Waals surface area contributed by atoms with Crippen LogP contribution in [-0.4, -0.2) is 18.9 Å². The first-order valence-electron chi connectivity index (χ1n) is 6.81. The summed E-state index contributed by atoms with van der Waals surface area (Å²) in [5.74, 6) is 0.127. The fraction of sp³-hybridized carbons (Fsp3) is 0.500. The molecule has 2 unspecified atom stereocenters. The predicted molar refractivity (Wildman–Crippen MR) is 72.9 cm³/mol. The molecule has 102 valence electrons. The van der Waals surface area contributed by atoms with Crippen molar-refractivity contribution in [1.29, 1.82) is 0 Å². The highest BCUT2D eigenvalue weighted by atomic mass is 16.5. The van der Waals surface area contributed by atoms with Crippen molar-refractivity contribution in [2.75, 3.05) is 7.11 Å². The summed E-state index contributed by atoms with van der Waals surface area (Å²) >= 11 is 0. The standard InChI is InChI=1S/C16H20O3/c1-11(16(18)19-2)13-8-6-12(7-9-13)10-14-4-3-5-15(14)17/h6-9,11,14H,3-5,10H2,1-2H3/i1-1. The van der Waals surface area contributed by atoms with Crippen molar-refractivity contribution < 1.29 is 14.3 Å². The fourth-order valence-electron chi connectivity index (χ4n) is 2.64. The first kappa shape index (κ1) is 13.8. The highest BCUT2D eigenvalue weighted by Gasteiger charge is 2.24. The van der Waals surface area contributed by atoms with E-state index in [9.17, 15) is 9.59 Å². The molecule has 0 saturated heterocycles. The van der Waals surface area contributed by atoms with Gasteiger partial charge >= 0.3 is 5.97 Å². The van der Waals surface area contributed by atoms with Crippen LogP contribution in [0.3, 0.4) is 0 Å². The molecule has 0 aromatic heterocycles. The zero-order valence-corrected chi connectivity index (χ0v) is 11.5. The van der Waals surface area contributed by atoms with Crippen LogP contribution in [0.1, 0.15) is 43.2 Å². The topological polar surface area (TPSA) is 43.4 Å². The van der Waals surface area contributed by atoms with Gasteiger partial charge in [-0.05, 0) is 37.3 Å². The summed E-state index contributed by atoms with van der Waals surface area (Å²) in [6, 6.07) is 7.94. The van der Waals surface area contributed by atoms with E-state index in [1.807, 2.05) is 31.2 Å². The Labute approximate surface area is 114 Å². The molecule has 0 N–H and O–H groups in total. The molecule has 3 heteroatoms. The molecule has 19 heavy (non-hydrogen) atoms. The molecule has 1 aliphatic carbocycles. The van der Waals surface area contributed by atoms with E-state index < -0.39 is 0 Å². The van der Waals surface area contributed by atoms with Crippen LogP contribution in [0.25, 0.3) is 0 Å². The third kappa shape index (κ3) is 3.22. The van der Waals surface area contributed by atoms with Gasteiger partial charge in [0.25, 0.3) is 0 Å². The second kappa shape index (κ2) is 6.00.